The highest BCUT2D eigenvalue weighted by Crippen LogP contribution is 2.20. The number of hydrogen-bond acceptors (Lipinski definition) is 5. The lowest BCUT2D eigenvalue weighted by atomic mass is 10.2. The van der Waals surface area contributed by atoms with Crippen molar-refractivity contribution in [2.24, 2.45) is 0 Å². The molecule has 0 bridgehead atoms. The van der Waals surface area contributed by atoms with Crippen LogP contribution in [-0.2, 0) is 29.1 Å². The molecule has 0 spiro atoms. The Hall–Kier alpha value is -3.15. The molecule has 25 heavy (non-hydrogen) atoms. The molecule has 0 saturated carbocycles. The predicted molar refractivity (Wildman–Crippen MR) is 92.2 cm³/mol. The van der Waals surface area contributed by atoms with Crippen molar-refractivity contribution in [2.75, 3.05) is 0 Å². The standard InChI is InChI=1S/C19H19N3O3/c1-2-22-13-16(11-21-22)10-19(23)24-14-15-5-7-17(8-6-15)25-18-4-3-9-20-12-18/h3-9,11-13H,2,10,14H2,1H3. The second-order valence-corrected chi connectivity index (χ2v) is 5.48. The van der Waals surface area contributed by atoms with E-state index in [1.165, 1.54) is 0 Å². The second-order valence-electron chi connectivity index (χ2n) is 5.48. The number of carbonyl (C=O) groups excluding carboxylic acids is 1. The highest BCUT2D eigenvalue weighted by molar-refractivity contribution is 5.72. The van der Waals surface area contributed by atoms with Crippen LogP contribution in [0.2, 0.25) is 0 Å². The van der Waals surface area contributed by atoms with Crippen LogP contribution in [0.15, 0.2) is 61.2 Å². The van der Waals surface area contributed by atoms with Gasteiger partial charge in [-0.3, -0.25) is 14.5 Å². The van der Waals surface area contributed by atoms with E-state index in [0.717, 1.165) is 17.7 Å². The van der Waals surface area contributed by atoms with E-state index >= 15 is 0 Å². The monoisotopic (exact) mass is 337 g/mol. The minimum absolute atomic E-state index is 0.224. The molecule has 0 amide bonds. The van der Waals surface area contributed by atoms with Gasteiger partial charge in [0, 0.05) is 24.5 Å². The van der Waals surface area contributed by atoms with Crippen molar-refractivity contribution in [1.29, 1.82) is 0 Å². The van der Waals surface area contributed by atoms with Crippen LogP contribution in [0, 0.1) is 0 Å². The first kappa shape index (κ1) is 16.7. The summed E-state index contributed by atoms with van der Waals surface area (Å²) in [7, 11) is 0. The molecule has 0 aliphatic rings. The molecule has 0 atom stereocenters. The molecule has 0 aliphatic carbocycles. The number of nitrogens with zero attached hydrogens (tertiary/aromatic N) is 3. The van der Waals surface area contributed by atoms with Gasteiger partial charge in [-0.2, -0.15) is 5.10 Å². The molecule has 0 unspecified atom stereocenters. The first-order chi connectivity index (χ1) is 12.2. The van der Waals surface area contributed by atoms with Crippen molar-refractivity contribution >= 4 is 5.97 Å². The van der Waals surface area contributed by atoms with Crippen molar-refractivity contribution in [3.8, 4) is 11.5 Å². The minimum Gasteiger partial charge on any atom is -0.461 e. The maximum Gasteiger partial charge on any atom is 0.310 e. The lowest BCUT2D eigenvalue weighted by Crippen LogP contribution is -2.07. The van der Waals surface area contributed by atoms with E-state index in [2.05, 4.69) is 10.1 Å². The predicted octanol–water partition coefficient (Wildman–Crippen LogP) is 3.38. The molecule has 2 aromatic heterocycles. The van der Waals surface area contributed by atoms with Crippen LogP contribution < -0.4 is 4.74 Å². The van der Waals surface area contributed by atoms with Gasteiger partial charge in [0.15, 0.2) is 0 Å². The number of ether oxygens (including phenoxy) is 2. The summed E-state index contributed by atoms with van der Waals surface area (Å²) >= 11 is 0. The van der Waals surface area contributed by atoms with E-state index in [0.29, 0.717) is 11.5 Å². The van der Waals surface area contributed by atoms with Crippen molar-refractivity contribution in [1.82, 2.24) is 14.8 Å². The van der Waals surface area contributed by atoms with Gasteiger partial charge < -0.3 is 9.47 Å². The zero-order chi connectivity index (χ0) is 17.5. The van der Waals surface area contributed by atoms with Gasteiger partial charge in [0.25, 0.3) is 0 Å². The molecule has 3 rings (SSSR count). The Morgan fingerprint density at radius 2 is 1.92 bits per heavy atom. The van der Waals surface area contributed by atoms with Crippen LogP contribution in [0.4, 0.5) is 0 Å². The highest BCUT2D eigenvalue weighted by Gasteiger charge is 2.07. The Morgan fingerprint density at radius 3 is 2.60 bits per heavy atom. The minimum atomic E-state index is -0.272. The summed E-state index contributed by atoms with van der Waals surface area (Å²) in [5.74, 6) is 1.11. The number of carbonyl (C=O) groups is 1. The van der Waals surface area contributed by atoms with Gasteiger partial charge in [-0.15, -0.1) is 0 Å². The van der Waals surface area contributed by atoms with Gasteiger partial charge in [-0.05, 0) is 36.8 Å². The molecule has 0 N–H and O–H groups in total. The van der Waals surface area contributed by atoms with Gasteiger partial charge in [-0.1, -0.05) is 12.1 Å². The largest absolute Gasteiger partial charge is 0.461 e. The number of aromatic nitrogens is 3. The summed E-state index contributed by atoms with van der Waals surface area (Å²) in [5, 5.41) is 4.14. The fraction of sp³-hybridized carbons (Fsp3) is 0.211. The van der Waals surface area contributed by atoms with Crippen molar-refractivity contribution < 1.29 is 14.3 Å². The van der Waals surface area contributed by atoms with E-state index in [9.17, 15) is 4.79 Å². The van der Waals surface area contributed by atoms with Gasteiger partial charge in [0.05, 0.1) is 18.8 Å². The van der Waals surface area contributed by atoms with E-state index in [1.54, 1.807) is 23.3 Å². The smallest absolute Gasteiger partial charge is 0.310 e. The molecule has 3 aromatic rings. The third kappa shape index (κ3) is 4.91. The summed E-state index contributed by atoms with van der Waals surface area (Å²) in [6, 6.07) is 11.1. The number of pyridine rings is 1. The first-order valence-electron chi connectivity index (χ1n) is 8.06. The summed E-state index contributed by atoms with van der Waals surface area (Å²) in [5.41, 5.74) is 1.75. The lowest BCUT2D eigenvalue weighted by Gasteiger charge is -2.07. The molecule has 0 fully saturated rings. The molecule has 2 heterocycles. The van der Waals surface area contributed by atoms with Crippen molar-refractivity contribution in [2.45, 2.75) is 26.5 Å². The SMILES string of the molecule is CCn1cc(CC(=O)OCc2ccc(Oc3cccnc3)cc2)cn1. The Labute approximate surface area is 146 Å². The van der Waals surface area contributed by atoms with E-state index < -0.39 is 0 Å². The topological polar surface area (TPSA) is 66.2 Å². The zero-order valence-corrected chi connectivity index (χ0v) is 14.0. The zero-order valence-electron chi connectivity index (χ0n) is 14.0. The lowest BCUT2D eigenvalue weighted by molar-refractivity contribution is -0.144. The molecule has 0 saturated heterocycles. The normalized spacial score (nSPS) is 10.4. The molecule has 6 nitrogen and oxygen atoms in total. The Kier molecular flexibility index (Phi) is 5.41. The average Bonchev–Trinajstić information content (AvgIpc) is 3.09. The van der Waals surface area contributed by atoms with E-state index in [1.807, 2.05) is 49.5 Å². The van der Waals surface area contributed by atoms with Gasteiger partial charge in [0.2, 0.25) is 0 Å². The first-order valence-corrected chi connectivity index (χ1v) is 8.06. The third-order valence-corrected chi connectivity index (χ3v) is 3.55. The maximum absolute atomic E-state index is 11.9. The van der Waals surface area contributed by atoms with Crippen LogP contribution in [0.5, 0.6) is 11.5 Å². The average molecular weight is 337 g/mol. The quantitative estimate of drug-likeness (QED) is 0.618. The van der Waals surface area contributed by atoms with Crippen LogP contribution in [-0.4, -0.2) is 20.7 Å². The fourth-order valence-corrected chi connectivity index (χ4v) is 2.25. The van der Waals surface area contributed by atoms with Gasteiger partial charge >= 0.3 is 5.97 Å². The van der Waals surface area contributed by atoms with Crippen molar-refractivity contribution in [3.63, 3.8) is 0 Å². The highest BCUT2D eigenvalue weighted by atomic mass is 16.5. The van der Waals surface area contributed by atoms with E-state index in [4.69, 9.17) is 9.47 Å². The molecular weight excluding hydrogens is 318 g/mol. The number of rotatable bonds is 7. The van der Waals surface area contributed by atoms with Crippen LogP contribution in [0.25, 0.3) is 0 Å². The summed E-state index contributed by atoms with van der Waals surface area (Å²) in [6.07, 6.45) is 7.11. The molecule has 0 radical (unpaired) electrons. The van der Waals surface area contributed by atoms with Crippen LogP contribution in [0.3, 0.4) is 0 Å². The maximum atomic E-state index is 11.9. The summed E-state index contributed by atoms with van der Waals surface area (Å²) in [4.78, 5) is 15.9. The van der Waals surface area contributed by atoms with Crippen LogP contribution in [0.1, 0.15) is 18.1 Å². The Balaban J connectivity index is 1.48. The Bertz CT molecular complexity index is 813. The summed E-state index contributed by atoms with van der Waals surface area (Å²) < 4.78 is 12.8. The molecule has 6 heteroatoms. The fourth-order valence-electron chi connectivity index (χ4n) is 2.25. The number of esters is 1. The van der Waals surface area contributed by atoms with E-state index in [-0.39, 0.29) is 19.0 Å². The number of hydrogen-bond donors (Lipinski definition) is 0. The molecular formula is C19H19N3O3. The van der Waals surface area contributed by atoms with Gasteiger partial charge in [-0.25, -0.2) is 0 Å². The van der Waals surface area contributed by atoms with Gasteiger partial charge in [0.1, 0.15) is 18.1 Å². The van der Waals surface area contributed by atoms with Crippen LogP contribution >= 0.6 is 0 Å². The summed E-state index contributed by atoms with van der Waals surface area (Å²) in [6.45, 7) is 3.01. The molecule has 128 valence electrons. The molecule has 1 aromatic carbocycles. The third-order valence-electron chi connectivity index (χ3n) is 3.55. The second kappa shape index (κ2) is 8.10. The molecule has 0 aliphatic heterocycles. The number of aryl methyl sites for hydroxylation is 1. The van der Waals surface area contributed by atoms with Crippen molar-refractivity contribution in [3.05, 3.63) is 72.3 Å². The Morgan fingerprint density at radius 1 is 1.08 bits per heavy atom. The number of benzene rings is 1.